The number of carbonyl (C=O) groups excluding carboxylic acids is 1. The molecule has 1 aromatic heterocycles. The zero-order chi connectivity index (χ0) is 13.5. The highest BCUT2D eigenvalue weighted by atomic mass is 16.5. The molecule has 2 rings (SSSR count). The predicted molar refractivity (Wildman–Crippen MR) is 71.1 cm³/mol. The second-order valence-corrected chi connectivity index (χ2v) is 3.87. The molecule has 0 bridgehead atoms. The maximum atomic E-state index is 11.6. The van der Waals surface area contributed by atoms with Crippen LogP contribution in [0.1, 0.15) is 11.1 Å². The molecule has 2 aromatic rings. The van der Waals surface area contributed by atoms with Gasteiger partial charge in [0, 0.05) is 5.56 Å². The SMILES string of the molecule is COc1ccc(CC(=O)NN=Cc2ccoc2)cc1. The van der Waals surface area contributed by atoms with Crippen molar-refractivity contribution in [2.24, 2.45) is 5.10 Å². The van der Waals surface area contributed by atoms with Crippen LogP contribution in [0.4, 0.5) is 0 Å². The molecule has 0 radical (unpaired) electrons. The average molecular weight is 258 g/mol. The van der Waals surface area contributed by atoms with Crippen LogP contribution >= 0.6 is 0 Å². The van der Waals surface area contributed by atoms with E-state index in [0.29, 0.717) is 0 Å². The predicted octanol–water partition coefficient (Wildman–Crippen LogP) is 1.98. The molecule has 1 aromatic carbocycles. The number of rotatable bonds is 5. The molecule has 5 nitrogen and oxygen atoms in total. The number of benzene rings is 1. The van der Waals surface area contributed by atoms with Gasteiger partial charge in [-0.1, -0.05) is 12.1 Å². The van der Waals surface area contributed by atoms with E-state index >= 15 is 0 Å². The van der Waals surface area contributed by atoms with Gasteiger partial charge in [-0.2, -0.15) is 5.10 Å². The van der Waals surface area contributed by atoms with E-state index in [-0.39, 0.29) is 12.3 Å². The van der Waals surface area contributed by atoms with E-state index < -0.39 is 0 Å². The lowest BCUT2D eigenvalue weighted by atomic mass is 10.1. The van der Waals surface area contributed by atoms with Crippen molar-refractivity contribution in [3.8, 4) is 5.75 Å². The number of hydrazone groups is 1. The van der Waals surface area contributed by atoms with Crippen molar-refractivity contribution in [1.29, 1.82) is 0 Å². The number of methoxy groups -OCH3 is 1. The lowest BCUT2D eigenvalue weighted by molar-refractivity contribution is -0.120. The normalized spacial score (nSPS) is 10.6. The van der Waals surface area contributed by atoms with Gasteiger partial charge in [-0.05, 0) is 23.8 Å². The van der Waals surface area contributed by atoms with E-state index in [0.717, 1.165) is 16.9 Å². The van der Waals surface area contributed by atoms with Gasteiger partial charge in [0.2, 0.25) is 5.91 Å². The zero-order valence-corrected chi connectivity index (χ0v) is 10.5. The van der Waals surface area contributed by atoms with Crippen LogP contribution in [-0.4, -0.2) is 19.2 Å². The summed E-state index contributed by atoms with van der Waals surface area (Å²) in [6.07, 6.45) is 4.88. The van der Waals surface area contributed by atoms with Crippen molar-refractivity contribution in [2.45, 2.75) is 6.42 Å². The fourth-order valence-electron chi connectivity index (χ4n) is 1.50. The highest BCUT2D eigenvalue weighted by molar-refractivity contribution is 5.82. The summed E-state index contributed by atoms with van der Waals surface area (Å²) in [6, 6.07) is 9.07. The first-order valence-corrected chi connectivity index (χ1v) is 5.75. The molecule has 0 aliphatic carbocycles. The monoisotopic (exact) mass is 258 g/mol. The fourth-order valence-corrected chi connectivity index (χ4v) is 1.50. The lowest BCUT2D eigenvalue weighted by Gasteiger charge is -2.02. The molecule has 0 saturated carbocycles. The number of nitrogens with one attached hydrogen (secondary N) is 1. The lowest BCUT2D eigenvalue weighted by Crippen LogP contribution is -2.19. The Balaban J connectivity index is 1.83. The summed E-state index contributed by atoms with van der Waals surface area (Å²) in [6.45, 7) is 0. The highest BCUT2D eigenvalue weighted by Gasteiger charge is 2.02. The Morgan fingerprint density at radius 1 is 1.37 bits per heavy atom. The molecule has 0 aliphatic rings. The van der Waals surface area contributed by atoms with Crippen LogP contribution in [0.15, 0.2) is 52.4 Å². The quantitative estimate of drug-likeness (QED) is 0.659. The molecule has 1 amide bonds. The number of furan rings is 1. The van der Waals surface area contributed by atoms with E-state index in [9.17, 15) is 4.79 Å². The summed E-state index contributed by atoms with van der Waals surface area (Å²) in [5.41, 5.74) is 4.15. The summed E-state index contributed by atoms with van der Waals surface area (Å²) >= 11 is 0. The van der Waals surface area contributed by atoms with Gasteiger partial charge in [0.25, 0.3) is 0 Å². The molecule has 19 heavy (non-hydrogen) atoms. The Kier molecular flexibility index (Phi) is 4.34. The minimum atomic E-state index is -0.176. The van der Waals surface area contributed by atoms with Gasteiger partial charge in [0.15, 0.2) is 0 Å². The summed E-state index contributed by atoms with van der Waals surface area (Å²) in [5, 5.41) is 3.83. The third-order valence-corrected chi connectivity index (χ3v) is 2.47. The first kappa shape index (κ1) is 12.9. The molecule has 0 saturated heterocycles. The number of hydrogen-bond acceptors (Lipinski definition) is 4. The van der Waals surface area contributed by atoms with E-state index in [1.165, 1.54) is 6.21 Å². The highest BCUT2D eigenvalue weighted by Crippen LogP contribution is 2.11. The van der Waals surface area contributed by atoms with Gasteiger partial charge >= 0.3 is 0 Å². The molecule has 0 fully saturated rings. The van der Waals surface area contributed by atoms with E-state index in [1.807, 2.05) is 24.3 Å². The first-order chi connectivity index (χ1) is 9.28. The maximum absolute atomic E-state index is 11.6. The number of carbonyl (C=O) groups is 1. The molecule has 0 atom stereocenters. The Morgan fingerprint density at radius 2 is 2.16 bits per heavy atom. The zero-order valence-electron chi connectivity index (χ0n) is 10.5. The van der Waals surface area contributed by atoms with Gasteiger partial charge in [-0.25, -0.2) is 5.43 Å². The second-order valence-electron chi connectivity index (χ2n) is 3.87. The number of ether oxygens (including phenoxy) is 1. The topological polar surface area (TPSA) is 63.8 Å². The number of hydrogen-bond donors (Lipinski definition) is 1. The van der Waals surface area contributed by atoms with Gasteiger partial charge < -0.3 is 9.15 Å². The summed E-state index contributed by atoms with van der Waals surface area (Å²) in [7, 11) is 1.60. The van der Waals surface area contributed by atoms with Crippen LogP contribution in [0, 0.1) is 0 Å². The van der Waals surface area contributed by atoms with Crippen LogP contribution in [-0.2, 0) is 11.2 Å². The van der Waals surface area contributed by atoms with Crippen LogP contribution in [0.2, 0.25) is 0 Å². The van der Waals surface area contributed by atoms with Gasteiger partial charge in [0.1, 0.15) is 5.75 Å². The van der Waals surface area contributed by atoms with Gasteiger partial charge in [0.05, 0.1) is 32.3 Å². The molecule has 1 heterocycles. The maximum Gasteiger partial charge on any atom is 0.244 e. The molecular formula is C14H14N2O3. The van der Waals surface area contributed by atoms with Crippen LogP contribution < -0.4 is 10.2 Å². The van der Waals surface area contributed by atoms with E-state index in [1.54, 1.807) is 25.7 Å². The molecule has 5 heteroatoms. The summed E-state index contributed by atoms with van der Waals surface area (Å²) in [5.74, 6) is 0.590. The van der Waals surface area contributed by atoms with Crippen molar-refractivity contribution in [3.05, 3.63) is 54.0 Å². The number of amides is 1. The Hall–Kier alpha value is -2.56. The van der Waals surface area contributed by atoms with Crippen molar-refractivity contribution >= 4 is 12.1 Å². The summed E-state index contributed by atoms with van der Waals surface area (Å²) in [4.78, 5) is 11.6. The van der Waals surface area contributed by atoms with Crippen molar-refractivity contribution in [2.75, 3.05) is 7.11 Å². The van der Waals surface area contributed by atoms with Crippen molar-refractivity contribution in [1.82, 2.24) is 5.43 Å². The molecule has 0 aliphatic heterocycles. The molecule has 98 valence electrons. The standard InChI is InChI=1S/C14H14N2O3/c1-18-13-4-2-11(3-5-13)8-14(17)16-15-9-12-6-7-19-10-12/h2-7,9-10H,8H2,1H3,(H,16,17). The average Bonchev–Trinajstić information content (AvgIpc) is 2.93. The fraction of sp³-hybridized carbons (Fsp3) is 0.143. The Labute approximate surface area is 110 Å². The number of nitrogens with zero attached hydrogens (tertiary/aromatic N) is 1. The molecule has 0 spiro atoms. The molecular weight excluding hydrogens is 244 g/mol. The minimum absolute atomic E-state index is 0.176. The minimum Gasteiger partial charge on any atom is -0.497 e. The Bertz CT molecular complexity index is 545. The van der Waals surface area contributed by atoms with Gasteiger partial charge in [-0.15, -0.1) is 0 Å². The first-order valence-electron chi connectivity index (χ1n) is 5.75. The van der Waals surface area contributed by atoms with Crippen molar-refractivity contribution < 1.29 is 13.9 Å². The largest absolute Gasteiger partial charge is 0.497 e. The summed E-state index contributed by atoms with van der Waals surface area (Å²) < 4.78 is 9.92. The van der Waals surface area contributed by atoms with Crippen molar-refractivity contribution in [3.63, 3.8) is 0 Å². The van der Waals surface area contributed by atoms with Crippen LogP contribution in [0.25, 0.3) is 0 Å². The molecule has 0 unspecified atom stereocenters. The van der Waals surface area contributed by atoms with Crippen LogP contribution in [0.5, 0.6) is 5.75 Å². The Morgan fingerprint density at radius 3 is 2.79 bits per heavy atom. The van der Waals surface area contributed by atoms with E-state index in [2.05, 4.69) is 10.5 Å². The molecule has 1 N–H and O–H groups in total. The van der Waals surface area contributed by atoms with E-state index in [4.69, 9.17) is 9.15 Å². The third-order valence-electron chi connectivity index (χ3n) is 2.47. The van der Waals surface area contributed by atoms with Crippen LogP contribution in [0.3, 0.4) is 0 Å². The van der Waals surface area contributed by atoms with Gasteiger partial charge in [-0.3, -0.25) is 4.79 Å². The second kappa shape index (κ2) is 6.39. The smallest absolute Gasteiger partial charge is 0.244 e. The third kappa shape index (κ3) is 3.99.